The fourth-order valence-electron chi connectivity index (χ4n) is 4.03. The number of rotatable bonds is 7. The zero-order chi connectivity index (χ0) is 26.0. The van der Waals surface area contributed by atoms with Crippen LogP contribution in [0, 0.1) is 0 Å². The van der Waals surface area contributed by atoms with Gasteiger partial charge in [-0.05, 0) is 29.3 Å². The molecule has 10 heteroatoms. The van der Waals surface area contributed by atoms with Crippen LogP contribution in [-0.4, -0.2) is 35.4 Å². The molecule has 4 rings (SSSR count). The van der Waals surface area contributed by atoms with Gasteiger partial charge >= 0.3 is 5.69 Å². The van der Waals surface area contributed by atoms with E-state index in [-0.39, 0.29) is 10.3 Å². The number of hydrogen-bond donors (Lipinski definition) is 1. The summed E-state index contributed by atoms with van der Waals surface area (Å²) in [4.78, 5) is 39.6. The zero-order valence-electron chi connectivity index (χ0n) is 20.1. The monoisotopic (exact) mass is 506 g/mol. The van der Waals surface area contributed by atoms with E-state index in [4.69, 9.17) is 0 Å². The minimum Gasteiger partial charge on any atom is -0.340 e. The van der Waals surface area contributed by atoms with Crippen LogP contribution < -0.4 is 16.0 Å². The van der Waals surface area contributed by atoms with E-state index in [0.717, 1.165) is 10.1 Å². The number of fused-ring (bicyclic) bond motifs is 1. The van der Waals surface area contributed by atoms with Crippen LogP contribution in [0.25, 0.3) is 10.9 Å². The fraction of sp³-hybridized carbons (Fsp3) is 0.192. The molecule has 0 aliphatic rings. The number of carbonyl (C=O) groups excluding carboxylic acids is 1. The second kappa shape index (κ2) is 9.92. The van der Waals surface area contributed by atoms with Gasteiger partial charge in [0.2, 0.25) is 15.9 Å². The molecule has 0 aliphatic heterocycles. The van der Waals surface area contributed by atoms with Gasteiger partial charge in [-0.3, -0.25) is 18.7 Å². The number of amides is 1. The van der Waals surface area contributed by atoms with Crippen molar-refractivity contribution >= 4 is 26.8 Å². The van der Waals surface area contributed by atoms with Crippen molar-refractivity contribution in [2.45, 2.75) is 17.5 Å². The number of carbonyl (C=O) groups is 1. The average molecular weight is 507 g/mol. The molecule has 0 saturated heterocycles. The predicted octanol–water partition coefficient (Wildman–Crippen LogP) is 1.92. The van der Waals surface area contributed by atoms with E-state index in [0.29, 0.717) is 17.6 Å². The Morgan fingerprint density at radius 3 is 2.17 bits per heavy atom. The molecule has 0 aliphatic carbocycles. The molecule has 1 heterocycles. The first kappa shape index (κ1) is 25.1. The highest BCUT2D eigenvalue weighted by Gasteiger charge is 2.30. The summed E-state index contributed by atoms with van der Waals surface area (Å²) in [7, 11) is 0.208. The summed E-state index contributed by atoms with van der Waals surface area (Å²) in [6, 6.07) is 20.7. The van der Waals surface area contributed by atoms with Crippen LogP contribution in [0.3, 0.4) is 0 Å². The van der Waals surface area contributed by atoms with Crippen LogP contribution >= 0.6 is 0 Å². The van der Waals surface area contributed by atoms with E-state index < -0.39 is 33.2 Å². The number of aromatic nitrogens is 2. The third kappa shape index (κ3) is 4.86. The van der Waals surface area contributed by atoms with Gasteiger partial charge < -0.3 is 4.90 Å². The summed E-state index contributed by atoms with van der Waals surface area (Å²) in [5.74, 6) is -0.437. The van der Waals surface area contributed by atoms with E-state index in [9.17, 15) is 22.8 Å². The molecule has 0 radical (unpaired) electrons. The largest absolute Gasteiger partial charge is 0.340 e. The second-order valence-electron chi connectivity index (χ2n) is 8.53. The third-order valence-corrected chi connectivity index (χ3v) is 7.46. The SMILES string of the molecule is CN(Cc1ccccc1)C(=O)[C@@H](NS(=O)(=O)c1ccc2c(c1)c(=O)n(C)c(=O)n2C)c1ccccc1. The summed E-state index contributed by atoms with van der Waals surface area (Å²) in [6.07, 6.45) is 0. The van der Waals surface area contributed by atoms with Gasteiger partial charge in [-0.25, -0.2) is 13.2 Å². The van der Waals surface area contributed by atoms with E-state index in [1.807, 2.05) is 30.3 Å². The van der Waals surface area contributed by atoms with Crippen molar-refractivity contribution in [1.29, 1.82) is 0 Å². The Labute approximate surface area is 208 Å². The minimum absolute atomic E-state index is 0.0752. The summed E-state index contributed by atoms with van der Waals surface area (Å²) >= 11 is 0. The van der Waals surface area contributed by atoms with Crippen molar-refractivity contribution in [1.82, 2.24) is 18.8 Å². The van der Waals surface area contributed by atoms with Crippen molar-refractivity contribution in [3.63, 3.8) is 0 Å². The van der Waals surface area contributed by atoms with Gasteiger partial charge in [0.15, 0.2) is 0 Å². The quantitative estimate of drug-likeness (QED) is 0.412. The molecule has 0 spiro atoms. The van der Waals surface area contributed by atoms with Gasteiger partial charge in [-0.15, -0.1) is 0 Å². The Balaban J connectivity index is 1.72. The van der Waals surface area contributed by atoms with Crippen molar-refractivity contribution in [2.24, 2.45) is 14.1 Å². The first-order valence-corrected chi connectivity index (χ1v) is 12.6. The summed E-state index contributed by atoms with van der Waals surface area (Å²) < 4.78 is 31.6. The zero-order valence-corrected chi connectivity index (χ0v) is 20.9. The van der Waals surface area contributed by atoms with Crippen LogP contribution in [0.2, 0.25) is 0 Å². The molecule has 1 aromatic heterocycles. The van der Waals surface area contributed by atoms with Gasteiger partial charge in [0.1, 0.15) is 6.04 Å². The number of sulfonamides is 1. The van der Waals surface area contributed by atoms with E-state index >= 15 is 0 Å². The smallest absolute Gasteiger partial charge is 0.330 e. The molecule has 0 saturated carbocycles. The molecule has 186 valence electrons. The minimum atomic E-state index is -4.24. The normalized spacial score (nSPS) is 12.4. The number of aryl methyl sites for hydroxylation is 1. The highest BCUT2D eigenvalue weighted by Crippen LogP contribution is 2.22. The molecule has 1 atom stereocenters. The Bertz CT molecular complexity index is 1650. The maximum absolute atomic E-state index is 13.5. The highest BCUT2D eigenvalue weighted by molar-refractivity contribution is 7.89. The van der Waals surface area contributed by atoms with Gasteiger partial charge in [0.05, 0.1) is 15.8 Å². The third-order valence-electron chi connectivity index (χ3n) is 6.04. The fourth-order valence-corrected chi connectivity index (χ4v) is 5.23. The summed E-state index contributed by atoms with van der Waals surface area (Å²) in [6.45, 7) is 0.296. The molecule has 9 nitrogen and oxygen atoms in total. The molecular weight excluding hydrogens is 480 g/mol. The second-order valence-corrected chi connectivity index (χ2v) is 10.2. The molecule has 36 heavy (non-hydrogen) atoms. The molecule has 0 bridgehead atoms. The lowest BCUT2D eigenvalue weighted by Crippen LogP contribution is -2.41. The Morgan fingerprint density at radius 1 is 0.917 bits per heavy atom. The van der Waals surface area contributed by atoms with Gasteiger partial charge in [0.25, 0.3) is 5.56 Å². The van der Waals surface area contributed by atoms with E-state index in [1.54, 1.807) is 37.4 Å². The first-order valence-electron chi connectivity index (χ1n) is 11.2. The summed E-state index contributed by atoms with van der Waals surface area (Å²) in [5, 5.41) is 0.0752. The molecular formula is C26H26N4O5S. The maximum atomic E-state index is 13.5. The van der Waals surface area contributed by atoms with Crippen molar-refractivity contribution in [2.75, 3.05) is 7.05 Å². The molecule has 0 unspecified atom stereocenters. The van der Waals surface area contributed by atoms with Crippen LogP contribution in [0.15, 0.2) is 93.3 Å². The molecule has 1 amide bonds. The van der Waals surface area contributed by atoms with E-state index in [1.165, 1.54) is 41.8 Å². The standard InChI is InChI=1S/C26H26N4O5S/c1-28(17-18-10-6-4-7-11-18)25(32)23(19-12-8-5-9-13-19)27-36(34,35)20-14-15-22-21(16-20)24(31)30(3)26(33)29(22)2/h4-16,23,27H,17H2,1-3H3/t23-/m0/s1. The number of benzene rings is 3. The first-order chi connectivity index (χ1) is 17.1. The van der Waals surface area contributed by atoms with Crippen molar-refractivity contribution in [3.8, 4) is 0 Å². The number of nitrogens with zero attached hydrogens (tertiary/aromatic N) is 3. The average Bonchev–Trinajstić information content (AvgIpc) is 2.89. The lowest BCUT2D eigenvalue weighted by atomic mass is 10.1. The van der Waals surface area contributed by atoms with Gasteiger partial charge in [-0.1, -0.05) is 60.7 Å². The van der Waals surface area contributed by atoms with Crippen LogP contribution in [0.4, 0.5) is 0 Å². The van der Waals surface area contributed by atoms with Crippen LogP contribution in [0.5, 0.6) is 0 Å². The Kier molecular flexibility index (Phi) is 6.91. The lowest BCUT2D eigenvalue weighted by molar-refractivity contribution is -0.132. The predicted molar refractivity (Wildman–Crippen MR) is 137 cm³/mol. The molecule has 1 N–H and O–H groups in total. The van der Waals surface area contributed by atoms with Crippen LogP contribution in [0.1, 0.15) is 17.2 Å². The van der Waals surface area contributed by atoms with Crippen molar-refractivity contribution < 1.29 is 13.2 Å². The maximum Gasteiger partial charge on any atom is 0.330 e. The molecule has 0 fully saturated rings. The Morgan fingerprint density at radius 2 is 1.53 bits per heavy atom. The number of hydrogen-bond acceptors (Lipinski definition) is 5. The van der Waals surface area contributed by atoms with Crippen LogP contribution in [-0.2, 0) is 35.5 Å². The summed E-state index contributed by atoms with van der Waals surface area (Å²) in [5.41, 5.74) is 0.560. The molecule has 4 aromatic rings. The van der Waals surface area contributed by atoms with Crippen molar-refractivity contribution in [3.05, 3.63) is 111 Å². The van der Waals surface area contributed by atoms with Gasteiger partial charge in [0, 0.05) is 27.7 Å². The van der Waals surface area contributed by atoms with E-state index in [2.05, 4.69) is 4.72 Å². The van der Waals surface area contributed by atoms with Gasteiger partial charge in [-0.2, -0.15) is 4.72 Å². The lowest BCUT2D eigenvalue weighted by Gasteiger charge is -2.25. The topological polar surface area (TPSA) is 110 Å². The highest BCUT2D eigenvalue weighted by atomic mass is 32.2. The Hall–Kier alpha value is -4.02. The number of nitrogens with one attached hydrogen (secondary N) is 1. The molecule has 3 aromatic carbocycles. The number of likely N-dealkylation sites (N-methyl/N-ethyl adjacent to an activating group) is 1.